The summed E-state index contributed by atoms with van der Waals surface area (Å²) < 4.78 is 5.03. The van der Waals surface area contributed by atoms with E-state index in [1.165, 1.54) is 43.7 Å². The fourth-order valence-electron chi connectivity index (χ4n) is 2.39. The van der Waals surface area contributed by atoms with Gasteiger partial charge in [0.05, 0.1) is 0 Å². The van der Waals surface area contributed by atoms with E-state index in [1.54, 1.807) is 7.11 Å². The summed E-state index contributed by atoms with van der Waals surface area (Å²) in [4.78, 5) is 2.48. The maximum atomic E-state index is 5.03. The van der Waals surface area contributed by atoms with Gasteiger partial charge in [0.15, 0.2) is 0 Å². The van der Waals surface area contributed by atoms with Crippen molar-refractivity contribution >= 4 is 11.4 Å². The van der Waals surface area contributed by atoms with Crippen LogP contribution in [-0.2, 0) is 4.74 Å². The lowest BCUT2D eigenvalue weighted by Gasteiger charge is -2.28. The summed E-state index contributed by atoms with van der Waals surface area (Å²) in [7, 11) is 1.74. The number of hydrogen-bond donors (Lipinski definition) is 1. The van der Waals surface area contributed by atoms with E-state index in [1.807, 2.05) is 0 Å². The van der Waals surface area contributed by atoms with Gasteiger partial charge in [-0.2, -0.15) is 0 Å². The molecule has 3 nitrogen and oxygen atoms in total. The molecule has 0 unspecified atom stereocenters. The van der Waals surface area contributed by atoms with Crippen molar-refractivity contribution in [2.24, 2.45) is 0 Å². The minimum atomic E-state index is 0.818. The van der Waals surface area contributed by atoms with Gasteiger partial charge in [-0.15, -0.1) is 0 Å². The summed E-state index contributed by atoms with van der Waals surface area (Å²) in [5.74, 6) is 0. The fourth-order valence-corrected chi connectivity index (χ4v) is 2.39. The number of benzene rings is 1. The van der Waals surface area contributed by atoms with Gasteiger partial charge in [-0.1, -0.05) is 0 Å². The average molecular weight is 248 g/mol. The third-order valence-corrected chi connectivity index (χ3v) is 3.44. The Morgan fingerprint density at radius 2 is 1.83 bits per heavy atom. The van der Waals surface area contributed by atoms with Gasteiger partial charge >= 0.3 is 0 Å². The maximum Gasteiger partial charge on any atom is 0.0479 e. The van der Waals surface area contributed by atoms with E-state index in [0.29, 0.717) is 0 Å². The SMILES string of the molecule is COCCCNc1ccc(N2CCCCC2)cc1. The highest BCUT2D eigenvalue weighted by molar-refractivity contribution is 5.55. The molecule has 0 aromatic heterocycles. The highest BCUT2D eigenvalue weighted by Crippen LogP contribution is 2.21. The standard InChI is InChI=1S/C15H24N2O/c1-18-13-5-10-16-14-6-8-15(9-7-14)17-11-3-2-4-12-17/h6-9,16H,2-5,10-13H2,1H3. The first kappa shape index (κ1) is 13.2. The van der Waals surface area contributed by atoms with Crippen molar-refractivity contribution in [3.8, 4) is 0 Å². The molecule has 1 heterocycles. The zero-order valence-corrected chi connectivity index (χ0v) is 11.3. The van der Waals surface area contributed by atoms with E-state index in [2.05, 4.69) is 34.5 Å². The second kappa shape index (κ2) is 7.27. The van der Waals surface area contributed by atoms with E-state index < -0.39 is 0 Å². The van der Waals surface area contributed by atoms with Crippen molar-refractivity contribution in [3.63, 3.8) is 0 Å². The Labute approximate surface area is 110 Å². The van der Waals surface area contributed by atoms with Gasteiger partial charge in [-0.25, -0.2) is 0 Å². The molecule has 0 atom stereocenters. The predicted molar refractivity (Wildman–Crippen MR) is 77.5 cm³/mol. The molecule has 3 heteroatoms. The summed E-state index contributed by atoms with van der Waals surface area (Å²) in [5, 5.41) is 3.41. The van der Waals surface area contributed by atoms with Gasteiger partial charge in [-0.05, 0) is 49.9 Å². The summed E-state index contributed by atoms with van der Waals surface area (Å²) in [6.45, 7) is 4.21. The maximum absolute atomic E-state index is 5.03. The van der Waals surface area contributed by atoms with E-state index in [-0.39, 0.29) is 0 Å². The average Bonchev–Trinajstić information content (AvgIpc) is 2.45. The van der Waals surface area contributed by atoms with Crippen molar-refractivity contribution in [2.75, 3.05) is 43.6 Å². The molecule has 1 N–H and O–H groups in total. The van der Waals surface area contributed by atoms with Crippen LogP contribution in [-0.4, -0.2) is 33.4 Å². The van der Waals surface area contributed by atoms with E-state index in [9.17, 15) is 0 Å². The number of nitrogens with one attached hydrogen (secondary N) is 1. The van der Waals surface area contributed by atoms with Crippen LogP contribution in [0.15, 0.2) is 24.3 Å². The topological polar surface area (TPSA) is 24.5 Å². The molecule has 0 radical (unpaired) electrons. The minimum absolute atomic E-state index is 0.818. The molecule has 0 amide bonds. The molecule has 0 saturated carbocycles. The molecule has 18 heavy (non-hydrogen) atoms. The largest absolute Gasteiger partial charge is 0.385 e. The molecule has 0 aliphatic carbocycles. The zero-order chi connectivity index (χ0) is 12.6. The predicted octanol–water partition coefficient (Wildman–Crippen LogP) is 3.13. The third kappa shape index (κ3) is 3.91. The molecule has 1 saturated heterocycles. The molecule has 1 aromatic rings. The molecule has 100 valence electrons. The number of ether oxygens (including phenoxy) is 1. The van der Waals surface area contributed by atoms with E-state index in [0.717, 1.165) is 19.6 Å². The third-order valence-electron chi connectivity index (χ3n) is 3.44. The minimum Gasteiger partial charge on any atom is -0.385 e. The van der Waals surface area contributed by atoms with Gasteiger partial charge in [-0.3, -0.25) is 0 Å². The molecule has 0 bridgehead atoms. The van der Waals surface area contributed by atoms with Gasteiger partial charge in [0.1, 0.15) is 0 Å². The molecule has 1 aliphatic rings. The number of piperidine rings is 1. The number of methoxy groups -OCH3 is 1. The molecule has 1 aliphatic heterocycles. The first-order valence-corrected chi connectivity index (χ1v) is 6.98. The van der Waals surface area contributed by atoms with E-state index in [4.69, 9.17) is 4.74 Å². The van der Waals surface area contributed by atoms with Gasteiger partial charge in [0.25, 0.3) is 0 Å². The number of anilines is 2. The van der Waals surface area contributed by atoms with Crippen molar-refractivity contribution in [2.45, 2.75) is 25.7 Å². The van der Waals surface area contributed by atoms with Crippen LogP contribution in [0.4, 0.5) is 11.4 Å². The molecule has 0 spiro atoms. The lowest BCUT2D eigenvalue weighted by atomic mass is 10.1. The summed E-state index contributed by atoms with van der Waals surface area (Å²) >= 11 is 0. The van der Waals surface area contributed by atoms with Crippen LogP contribution in [0.1, 0.15) is 25.7 Å². The highest BCUT2D eigenvalue weighted by atomic mass is 16.5. The second-order valence-electron chi connectivity index (χ2n) is 4.87. The van der Waals surface area contributed by atoms with Gasteiger partial charge < -0.3 is 15.0 Å². The Kier molecular flexibility index (Phi) is 5.34. The monoisotopic (exact) mass is 248 g/mol. The lowest BCUT2D eigenvalue weighted by molar-refractivity contribution is 0.198. The van der Waals surface area contributed by atoms with Crippen LogP contribution in [0.25, 0.3) is 0 Å². The first-order valence-electron chi connectivity index (χ1n) is 6.98. The van der Waals surface area contributed by atoms with Crippen molar-refractivity contribution in [3.05, 3.63) is 24.3 Å². The molecule has 1 fully saturated rings. The Bertz CT molecular complexity index is 331. The Hall–Kier alpha value is -1.22. The molecular weight excluding hydrogens is 224 g/mol. The molecular formula is C15H24N2O. The fraction of sp³-hybridized carbons (Fsp3) is 0.600. The van der Waals surface area contributed by atoms with Crippen LogP contribution < -0.4 is 10.2 Å². The molecule has 1 aromatic carbocycles. The van der Waals surface area contributed by atoms with Crippen molar-refractivity contribution in [1.82, 2.24) is 0 Å². The van der Waals surface area contributed by atoms with Gasteiger partial charge in [0.2, 0.25) is 0 Å². The Balaban J connectivity index is 1.81. The normalized spacial score (nSPS) is 15.7. The zero-order valence-electron chi connectivity index (χ0n) is 11.3. The second-order valence-corrected chi connectivity index (χ2v) is 4.87. The summed E-state index contributed by atoms with van der Waals surface area (Å²) in [6, 6.07) is 8.81. The Morgan fingerprint density at radius 3 is 2.50 bits per heavy atom. The summed E-state index contributed by atoms with van der Waals surface area (Å²) in [5.41, 5.74) is 2.56. The molecule has 2 rings (SSSR count). The first-order chi connectivity index (χ1) is 8.90. The van der Waals surface area contributed by atoms with Crippen molar-refractivity contribution < 1.29 is 4.74 Å². The van der Waals surface area contributed by atoms with Gasteiger partial charge in [0, 0.05) is 44.7 Å². The number of rotatable bonds is 6. The quantitative estimate of drug-likeness (QED) is 0.783. The number of nitrogens with zero attached hydrogens (tertiary/aromatic N) is 1. The highest BCUT2D eigenvalue weighted by Gasteiger charge is 2.10. The number of hydrogen-bond acceptors (Lipinski definition) is 3. The van der Waals surface area contributed by atoms with Crippen LogP contribution in [0.5, 0.6) is 0 Å². The van der Waals surface area contributed by atoms with Crippen LogP contribution >= 0.6 is 0 Å². The van der Waals surface area contributed by atoms with Crippen molar-refractivity contribution in [1.29, 1.82) is 0 Å². The lowest BCUT2D eigenvalue weighted by Crippen LogP contribution is -2.29. The summed E-state index contributed by atoms with van der Waals surface area (Å²) in [6.07, 6.45) is 5.09. The smallest absolute Gasteiger partial charge is 0.0479 e. The van der Waals surface area contributed by atoms with E-state index >= 15 is 0 Å². The van der Waals surface area contributed by atoms with Crippen LogP contribution in [0, 0.1) is 0 Å². The van der Waals surface area contributed by atoms with Crippen LogP contribution in [0.3, 0.4) is 0 Å². The van der Waals surface area contributed by atoms with Crippen LogP contribution in [0.2, 0.25) is 0 Å². The Morgan fingerprint density at radius 1 is 1.11 bits per heavy atom.